The Bertz CT molecular complexity index is 168. The predicted molar refractivity (Wildman–Crippen MR) is 46.1 cm³/mol. The summed E-state index contributed by atoms with van der Waals surface area (Å²) in [5, 5.41) is 6.88. The van der Waals surface area contributed by atoms with Gasteiger partial charge in [0, 0.05) is 6.20 Å². The van der Waals surface area contributed by atoms with Crippen LogP contribution in [0.2, 0.25) is 0 Å². The van der Waals surface area contributed by atoms with Crippen molar-refractivity contribution in [3.05, 3.63) is 24.9 Å². The molecular weight excluding hydrogens is 136 g/mol. The molecule has 11 heavy (non-hydrogen) atoms. The molecule has 1 aromatic rings. The van der Waals surface area contributed by atoms with E-state index in [0.29, 0.717) is 0 Å². The van der Waals surface area contributed by atoms with E-state index in [2.05, 4.69) is 17.1 Å². The van der Waals surface area contributed by atoms with E-state index in [0.717, 1.165) is 12.8 Å². The lowest BCUT2D eigenvalue weighted by Crippen LogP contribution is -1.85. The minimum atomic E-state index is 1.06. The summed E-state index contributed by atoms with van der Waals surface area (Å²) in [7, 11) is 0. The lowest BCUT2D eigenvalue weighted by Gasteiger charge is -1.95. The van der Waals surface area contributed by atoms with Crippen molar-refractivity contribution in [2.24, 2.45) is 0 Å². The average Bonchev–Trinajstić information content (AvgIpc) is 2.50. The van der Waals surface area contributed by atoms with E-state index in [-0.39, 0.29) is 0 Å². The van der Waals surface area contributed by atoms with Gasteiger partial charge in [0.25, 0.3) is 0 Å². The second kappa shape index (κ2) is 4.94. The van der Waals surface area contributed by atoms with Crippen molar-refractivity contribution in [2.45, 2.75) is 32.1 Å². The maximum atomic E-state index is 4.07. The Balaban J connectivity index is 2.04. The third-order valence-corrected chi connectivity index (χ3v) is 1.74. The normalized spacial score (nSPS) is 10.3. The van der Waals surface area contributed by atoms with Crippen molar-refractivity contribution in [3.8, 4) is 0 Å². The Morgan fingerprint density at radius 2 is 2.27 bits per heavy atom. The molecule has 0 saturated heterocycles. The van der Waals surface area contributed by atoms with Gasteiger partial charge in [-0.05, 0) is 18.9 Å². The summed E-state index contributed by atoms with van der Waals surface area (Å²) in [5.41, 5.74) is 1.18. The molecule has 0 aromatic carbocycles. The number of nitrogens with zero attached hydrogens (tertiary/aromatic N) is 1. The van der Waals surface area contributed by atoms with Crippen LogP contribution in [0, 0.1) is 6.92 Å². The molecule has 0 aliphatic carbocycles. The molecule has 0 saturated carbocycles. The third-order valence-electron chi connectivity index (χ3n) is 1.74. The fourth-order valence-corrected chi connectivity index (χ4v) is 1.09. The quantitative estimate of drug-likeness (QED) is 0.643. The summed E-state index contributed by atoms with van der Waals surface area (Å²) in [6, 6.07) is 2.03. The average molecular weight is 151 g/mol. The number of nitrogens with one attached hydrogen (secondary N) is 1. The zero-order valence-electron chi connectivity index (χ0n) is 6.84. The van der Waals surface area contributed by atoms with E-state index in [4.69, 9.17) is 0 Å². The topological polar surface area (TPSA) is 28.7 Å². The number of H-pyrrole nitrogens is 1. The minimum Gasteiger partial charge on any atom is -0.285 e. The Morgan fingerprint density at radius 3 is 2.91 bits per heavy atom. The molecule has 1 aromatic heterocycles. The summed E-state index contributed by atoms with van der Waals surface area (Å²) in [6.45, 7) is 3.80. The van der Waals surface area contributed by atoms with Crippen molar-refractivity contribution < 1.29 is 0 Å². The van der Waals surface area contributed by atoms with Gasteiger partial charge in [0.2, 0.25) is 0 Å². The number of aryl methyl sites for hydroxylation is 1. The Labute approximate surface area is 68.0 Å². The Kier molecular flexibility index (Phi) is 3.73. The van der Waals surface area contributed by atoms with Crippen LogP contribution in [0.4, 0.5) is 0 Å². The first-order chi connectivity index (χ1) is 5.43. The van der Waals surface area contributed by atoms with E-state index in [1.54, 1.807) is 0 Å². The monoisotopic (exact) mass is 151 g/mol. The van der Waals surface area contributed by atoms with Crippen molar-refractivity contribution in [1.82, 2.24) is 10.2 Å². The molecule has 0 aliphatic rings. The maximum Gasteiger partial charge on any atom is 0.0622 e. The molecule has 2 heteroatoms. The van der Waals surface area contributed by atoms with Crippen LogP contribution in [0.5, 0.6) is 0 Å². The SMILES string of the molecule is [CH2]CCCCCc1cc[nH]n1. The number of aromatic nitrogens is 2. The van der Waals surface area contributed by atoms with E-state index in [1.165, 1.54) is 25.0 Å². The zero-order valence-corrected chi connectivity index (χ0v) is 6.84. The molecule has 1 N–H and O–H groups in total. The van der Waals surface area contributed by atoms with Gasteiger partial charge in [0.15, 0.2) is 0 Å². The van der Waals surface area contributed by atoms with Gasteiger partial charge in [-0.3, -0.25) is 5.10 Å². The molecule has 0 amide bonds. The highest BCUT2D eigenvalue weighted by Crippen LogP contribution is 2.03. The zero-order chi connectivity index (χ0) is 7.94. The predicted octanol–water partition coefficient (Wildman–Crippen LogP) is 2.35. The van der Waals surface area contributed by atoms with Crippen LogP contribution in [-0.4, -0.2) is 10.2 Å². The number of aromatic amines is 1. The fraction of sp³-hybridized carbons (Fsp3) is 0.556. The van der Waals surface area contributed by atoms with Crippen LogP contribution in [-0.2, 0) is 6.42 Å². The standard InChI is InChI=1S/C9H15N2/c1-2-3-4-5-6-9-7-8-10-11-9/h7-8H,1-6H2,(H,10,11). The van der Waals surface area contributed by atoms with E-state index >= 15 is 0 Å². The summed E-state index contributed by atoms with van der Waals surface area (Å²) in [4.78, 5) is 0. The van der Waals surface area contributed by atoms with E-state index in [9.17, 15) is 0 Å². The summed E-state index contributed by atoms with van der Waals surface area (Å²) < 4.78 is 0. The largest absolute Gasteiger partial charge is 0.285 e. The summed E-state index contributed by atoms with van der Waals surface area (Å²) in [6.07, 6.45) is 7.78. The first-order valence-corrected chi connectivity index (χ1v) is 4.21. The molecule has 0 unspecified atom stereocenters. The number of hydrogen-bond acceptors (Lipinski definition) is 1. The highest BCUT2D eigenvalue weighted by molar-refractivity contribution is 4.96. The van der Waals surface area contributed by atoms with Crippen LogP contribution in [0.1, 0.15) is 31.4 Å². The maximum absolute atomic E-state index is 4.07. The Morgan fingerprint density at radius 1 is 1.36 bits per heavy atom. The smallest absolute Gasteiger partial charge is 0.0622 e. The van der Waals surface area contributed by atoms with Gasteiger partial charge in [0.1, 0.15) is 0 Å². The molecule has 0 bridgehead atoms. The van der Waals surface area contributed by atoms with Crippen LogP contribution < -0.4 is 0 Å². The van der Waals surface area contributed by atoms with Crippen LogP contribution in [0.3, 0.4) is 0 Å². The van der Waals surface area contributed by atoms with Crippen LogP contribution in [0.15, 0.2) is 12.3 Å². The van der Waals surface area contributed by atoms with Crippen LogP contribution >= 0.6 is 0 Å². The third kappa shape index (κ3) is 3.21. The van der Waals surface area contributed by atoms with E-state index in [1.807, 2.05) is 12.3 Å². The summed E-state index contributed by atoms with van der Waals surface area (Å²) >= 11 is 0. The van der Waals surface area contributed by atoms with Gasteiger partial charge >= 0.3 is 0 Å². The van der Waals surface area contributed by atoms with Gasteiger partial charge in [0.05, 0.1) is 5.69 Å². The molecule has 1 heterocycles. The second-order valence-electron chi connectivity index (χ2n) is 2.73. The molecule has 0 atom stereocenters. The summed E-state index contributed by atoms with van der Waals surface area (Å²) in [5.74, 6) is 0. The number of unbranched alkanes of at least 4 members (excludes halogenated alkanes) is 3. The molecule has 0 fully saturated rings. The molecule has 0 spiro atoms. The Hall–Kier alpha value is -0.790. The van der Waals surface area contributed by atoms with Gasteiger partial charge in [-0.25, -0.2) is 0 Å². The molecule has 2 nitrogen and oxygen atoms in total. The highest BCUT2D eigenvalue weighted by Gasteiger charge is 1.93. The first kappa shape index (κ1) is 8.31. The van der Waals surface area contributed by atoms with Crippen LogP contribution in [0.25, 0.3) is 0 Å². The number of hydrogen-bond donors (Lipinski definition) is 1. The van der Waals surface area contributed by atoms with E-state index < -0.39 is 0 Å². The fourth-order valence-electron chi connectivity index (χ4n) is 1.09. The lowest BCUT2D eigenvalue weighted by molar-refractivity contribution is 0.677. The van der Waals surface area contributed by atoms with Gasteiger partial charge in [-0.1, -0.05) is 26.2 Å². The molecule has 1 radical (unpaired) electrons. The molecule has 0 aliphatic heterocycles. The van der Waals surface area contributed by atoms with Crippen molar-refractivity contribution >= 4 is 0 Å². The highest BCUT2D eigenvalue weighted by atomic mass is 15.1. The minimum absolute atomic E-state index is 1.06. The molecule has 61 valence electrons. The lowest BCUT2D eigenvalue weighted by atomic mass is 10.1. The van der Waals surface area contributed by atoms with Crippen molar-refractivity contribution in [1.29, 1.82) is 0 Å². The van der Waals surface area contributed by atoms with Crippen molar-refractivity contribution in [3.63, 3.8) is 0 Å². The molecular formula is C9H15N2. The second-order valence-corrected chi connectivity index (χ2v) is 2.73. The van der Waals surface area contributed by atoms with Gasteiger partial charge in [-0.15, -0.1) is 0 Å². The van der Waals surface area contributed by atoms with Crippen molar-refractivity contribution in [2.75, 3.05) is 0 Å². The van der Waals surface area contributed by atoms with Gasteiger partial charge in [-0.2, -0.15) is 5.10 Å². The number of rotatable bonds is 5. The first-order valence-electron chi connectivity index (χ1n) is 4.21. The van der Waals surface area contributed by atoms with Gasteiger partial charge < -0.3 is 0 Å². The molecule has 1 rings (SSSR count).